The highest BCUT2D eigenvalue weighted by Gasteiger charge is 2.41. The molecule has 1 aliphatic carbocycles. The topological polar surface area (TPSA) is 12.0 Å². The Kier molecular flexibility index (Phi) is 5.87. The molecule has 1 fully saturated rings. The molecule has 0 aliphatic heterocycles. The first-order chi connectivity index (χ1) is 10.1. The minimum absolute atomic E-state index is 0.467. The highest BCUT2D eigenvalue weighted by molar-refractivity contribution is 5.27. The number of hydrogen-bond acceptors (Lipinski definition) is 1. The largest absolute Gasteiger partial charge is 0.313 e. The minimum atomic E-state index is 0.467. The summed E-state index contributed by atoms with van der Waals surface area (Å²) >= 11 is 0. The molecule has 0 amide bonds. The smallest absolute Gasteiger partial charge is 0.0374 e. The first-order valence-corrected chi connectivity index (χ1v) is 8.87. The van der Waals surface area contributed by atoms with Gasteiger partial charge in [0.1, 0.15) is 0 Å². The fourth-order valence-electron chi connectivity index (χ4n) is 4.49. The van der Waals surface area contributed by atoms with E-state index in [4.69, 9.17) is 0 Å². The zero-order valence-electron chi connectivity index (χ0n) is 14.4. The molecule has 0 aromatic heterocycles. The quantitative estimate of drug-likeness (QED) is 0.697. The Morgan fingerprint density at radius 1 is 1.10 bits per heavy atom. The molecule has 0 radical (unpaired) electrons. The Bertz CT molecular complexity index is 412. The Balaban J connectivity index is 2.23. The first-order valence-electron chi connectivity index (χ1n) is 8.87. The standard InChI is InChI=1S/C20H33N/c1-5-8-17-9-11-18(12-10-17)19(21-4)20(15-16(2)3)13-6-7-14-20/h9-12,16,19,21H,5-8,13-15H2,1-4H3. The number of benzene rings is 1. The zero-order chi connectivity index (χ0) is 15.3. The Morgan fingerprint density at radius 2 is 1.71 bits per heavy atom. The second-order valence-electron chi connectivity index (χ2n) is 7.38. The van der Waals surface area contributed by atoms with Crippen LogP contribution in [-0.4, -0.2) is 7.05 Å². The molecule has 118 valence electrons. The molecule has 2 rings (SSSR count). The van der Waals surface area contributed by atoms with Crippen molar-refractivity contribution in [3.8, 4) is 0 Å². The molecule has 1 aliphatic rings. The van der Waals surface area contributed by atoms with Crippen molar-refractivity contribution in [2.24, 2.45) is 11.3 Å². The lowest BCUT2D eigenvalue weighted by Crippen LogP contribution is -2.35. The van der Waals surface area contributed by atoms with Crippen LogP contribution in [0.1, 0.15) is 76.5 Å². The van der Waals surface area contributed by atoms with Gasteiger partial charge in [0.15, 0.2) is 0 Å². The summed E-state index contributed by atoms with van der Waals surface area (Å²) in [5, 5.41) is 3.66. The molecule has 21 heavy (non-hydrogen) atoms. The molecule has 1 saturated carbocycles. The summed E-state index contributed by atoms with van der Waals surface area (Å²) in [6.07, 6.45) is 9.33. The van der Waals surface area contributed by atoms with Crippen molar-refractivity contribution in [3.05, 3.63) is 35.4 Å². The molecule has 1 aromatic carbocycles. The lowest BCUT2D eigenvalue weighted by molar-refractivity contribution is 0.162. The summed E-state index contributed by atoms with van der Waals surface area (Å²) in [5.41, 5.74) is 3.43. The summed E-state index contributed by atoms with van der Waals surface area (Å²) in [5.74, 6) is 0.776. The lowest BCUT2D eigenvalue weighted by Gasteiger charge is -2.39. The molecule has 1 unspecified atom stereocenters. The minimum Gasteiger partial charge on any atom is -0.313 e. The Hall–Kier alpha value is -0.820. The van der Waals surface area contributed by atoms with E-state index in [1.165, 1.54) is 56.1 Å². The monoisotopic (exact) mass is 287 g/mol. The average molecular weight is 287 g/mol. The number of nitrogens with one attached hydrogen (secondary N) is 1. The third-order valence-electron chi connectivity index (χ3n) is 5.17. The van der Waals surface area contributed by atoms with Crippen LogP contribution in [0.25, 0.3) is 0 Å². The molecule has 1 nitrogen and oxygen atoms in total. The van der Waals surface area contributed by atoms with Crippen LogP contribution in [0.4, 0.5) is 0 Å². The van der Waals surface area contributed by atoms with Crippen LogP contribution in [0.15, 0.2) is 24.3 Å². The summed E-state index contributed by atoms with van der Waals surface area (Å²) in [6, 6.07) is 9.92. The summed E-state index contributed by atoms with van der Waals surface area (Å²) in [7, 11) is 2.14. The van der Waals surface area contributed by atoms with E-state index in [-0.39, 0.29) is 0 Å². The fourth-order valence-corrected chi connectivity index (χ4v) is 4.49. The van der Waals surface area contributed by atoms with E-state index >= 15 is 0 Å². The van der Waals surface area contributed by atoms with Crippen LogP contribution < -0.4 is 5.32 Å². The third kappa shape index (κ3) is 3.88. The Morgan fingerprint density at radius 3 is 2.19 bits per heavy atom. The van der Waals surface area contributed by atoms with Crippen LogP contribution in [0.2, 0.25) is 0 Å². The average Bonchev–Trinajstić information content (AvgIpc) is 2.90. The number of rotatable bonds is 7. The second-order valence-corrected chi connectivity index (χ2v) is 7.38. The highest BCUT2D eigenvalue weighted by Crippen LogP contribution is 2.51. The lowest BCUT2D eigenvalue weighted by atomic mass is 9.70. The molecule has 0 saturated heterocycles. The van der Waals surface area contributed by atoms with Crippen molar-refractivity contribution in [2.45, 2.75) is 71.8 Å². The van der Waals surface area contributed by atoms with Gasteiger partial charge in [-0.15, -0.1) is 0 Å². The van der Waals surface area contributed by atoms with Crippen molar-refractivity contribution in [1.82, 2.24) is 5.32 Å². The first kappa shape index (κ1) is 16.5. The SMILES string of the molecule is CCCc1ccc(C(NC)C2(CC(C)C)CCCC2)cc1. The van der Waals surface area contributed by atoms with Crippen LogP contribution in [0.5, 0.6) is 0 Å². The molecule has 1 atom stereocenters. The highest BCUT2D eigenvalue weighted by atomic mass is 14.9. The predicted molar refractivity (Wildman–Crippen MR) is 92.6 cm³/mol. The van der Waals surface area contributed by atoms with Crippen molar-refractivity contribution in [2.75, 3.05) is 7.05 Å². The van der Waals surface area contributed by atoms with E-state index in [9.17, 15) is 0 Å². The third-order valence-corrected chi connectivity index (χ3v) is 5.17. The molecule has 1 aromatic rings. The normalized spacial score (nSPS) is 19.1. The number of aryl methyl sites for hydroxylation is 1. The van der Waals surface area contributed by atoms with Crippen molar-refractivity contribution < 1.29 is 0 Å². The molecule has 0 bridgehead atoms. The van der Waals surface area contributed by atoms with Gasteiger partial charge in [-0.1, -0.05) is 64.3 Å². The maximum absolute atomic E-state index is 3.66. The number of hydrogen-bond donors (Lipinski definition) is 1. The van der Waals surface area contributed by atoms with Crippen LogP contribution in [-0.2, 0) is 6.42 Å². The molecule has 1 heteroatoms. The molecule has 0 spiro atoms. The molecule has 1 N–H and O–H groups in total. The molecular weight excluding hydrogens is 254 g/mol. The van der Waals surface area contributed by atoms with Gasteiger partial charge in [-0.3, -0.25) is 0 Å². The van der Waals surface area contributed by atoms with Gasteiger partial charge in [-0.25, -0.2) is 0 Å². The Labute approximate surface area is 131 Å². The zero-order valence-corrected chi connectivity index (χ0v) is 14.4. The molecular formula is C20H33N. The van der Waals surface area contributed by atoms with E-state index in [2.05, 4.69) is 57.4 Å². The van der Waals surface area contributed by atoms with Gasteiger partial charge in [0.2, 0.25) is 0 Å². The maximum atomic E-state index is 3.66. The van der Waals surface area contributed by atoms with Gasteiger partial charge in [0, 0.05) is 6.04 Å². The van der Waals surface area contributed by atoms with Crippen molar-refractivity contribution in [1.29, 1.82) is 0 Å². The van der Waals surface area contributed by atoms with Crippen LogP contribution >= 0.6 is 0 Å². The van der Waals surface area contributed by atoms with Crippen molar-refractivity contribution >= 4 is 0 Å². The van der Waals surface area contributed by atoms with E-state index in [1.54, 1.807) is 0 Å². The van der Waals surface area contributed by atoms with Gasteiger partial charge in [0.05, 0.1) is 0 Å². The van der Waals surface area contributed by atoms with Gasteiger partial charge in [-0.05, 0) is 55.2 Å². The predicted octanol–water partition coefficient (Wildman–Crippen LogP) is 5.51. The van der Waals surface area contributed by atoms with Gasteiger partial charge < -0.3 is 5.32 Å². The van der Waals surface area contributed by atoms with E-state index in [0.29, 0.717) is 11.5 Å². The van der Waals surface area contributed by atoms with Gasteiger partial charge in [0.25, 0.3) is 0 Å². The van der Waals surface area contributed by atoms with Crippen molar-refractivity contribution in [3.63, 3.8) is 0 Å². The molecule has 0 heterocycles. The van der Waals surface area contributed by atoms with E-state index in [0.717, 1.165) is 5.92 Å². The van der Waals surface area contributed by atoms with E-state index in [1.807, 2.05) is 0 Å². The van der Waals surface area contributed by atoms with Crippen LogP contribution in [0.3, 0.4) is 0 Å². The summed E-state index contributed by atoms with van der Waals surface area (Å²) in [6.45, 7) is 6.99. The summed E-state index contributed by atoms with van der Waals surface area (Å²) < 4.78 is 0. The van der Waals surface area contributed by atoms with Gasteiger partial charge >= 0.3 is 0 Å². The maximum Gasteiger partial charge on any atom is 0.0374 e. The van der Waals surface area contributed by atoms with Gasteiger partial charge in [-0.2, -0.15) is 0 Å². The fraction of sp³-hybridized carbons (Fsp3) is 0.700. The summed E-state index contributed by atoms with van der Waals surface area (Å²) in [4.78, 5) is 0. The second kappa shape index (κ2) is 7.45. The van der Waals surface area contributed by atoms with Crippen LogP contribution in [0, 0.1) is 11.3 Å². The van der Waals surface area contributed by atoms with E-state index < -0.39 is 0 Å².